The fourth-order valence-corrected chi connectivity index (χ4v) is 2.46. The number of halogens is 1. The number of hydrogen-bond acceptors (Lipinski definition) is 6. The number of ether oxygens (including phenoxy) is 2. The van der Waals surface area contributed by atoms with E-state index in [0.29, 0.717) is 5.69 Å². The molecule has 6 nitrogen and oxygen atoms in total. The Balaban J connectivity index is 1.90. The number of nitrogens with zero attached hydrogens (tertiary/aromatic N) is 3. The summed E-state index contributed by atoms with van der Waals surface area (Å²) in [5.41, 5.74) is 2.37. The highest BCUT2D eigenvalue weighted by Crippen LogP contribution is 2.36. The molecule has 7 heteroatoms. The molecule has 0 unspecified atom stereocenters. The first-order valence-corrected chi connectivity index (χ1v) is 7.47. The molecule has 0 aliphatic rings. The number of para-hydroxylation sites is 2. The van der Waals surface area contributed by atoms with Gasteiger partial charge >= 0.3 is 0 Å². The average molecular weight is 338 g/mol. The predicted octanol–water partition coefficient (Wildman–Crippen LogP) is 3.27. The summed E-state index contributed by atoms with van der Waals surface area (Å²) in [4.78, 5) is 8.80. The minimum atomic E-state index is -0.659. The Morgan fingerprint density at radius 2 is 1.96 bits per heavy atom. The van der Waals surface area contributed by atoms with E-state index in [9.17, 15) is 4.39 Å². The minimum Gasteiger partial charge on any atom is -0.495 e. The Bertz CT molecular complexity index is 969. The van der Waals surface area contributed by atoms with Crippen molar-refractivity contribution in [2.45, 2.75) is 6.54 Å². The van der Waals surface area contributed by atoms with Crippen LogP contribution >= 0.6 is 0 Å². The number of nitrogens with one attached hydrogen (secondary N) is 1. The molecule has 3 aromatic rings. The van der Waals surface area contributed by atoms with Gasteiger partial charge in [-0.05, 0) is 12.1 Å². The molecule has 0 aliphatic carbocycles. The van der Waals surface area contributed by atoms with E-state index in [4.69, 9.17) is 14.7 Å². The molecular formula is C18H15FN4O2. The lowest BCUT2D eigenvalue weighted by molar-refractivity contribution is 0.372. The van der Waals surface area contributed by atoms with Gasteiger partial charge in [-0.2, -0.15) is 5.26 Å². The molecule has 2 aromatic carbocycles. The van der Waals surface area contributed by atoms with Crippen molar-refractivity contribution in [2.75, 3.05) is 19.5 Å². The van der Waals surface area contributed by atoms with E-state index in [1.165, 1.54) is 20.3 Å². The van der Waals surface area contributed by atoms with Crippen molar-refractivity contribution in [2.24, 2.45) is 0 Å². The van der Waals surface area contributed by atoms with Gasteiger partial charge in [0.25, 0.3) is 0 Å². The maximum absolute atomic E-state index is 14.6. The number of methoxy groups -OCH3 is 2. The molecule has 3 rings (SSSR count). The summed E-state index contributed by atoms with van der Waals surface area (Å²) in [6.07, 6.45) is 1.63. The van der Waals surface area contributed by atoms with Crippen LogP contribution in [0.3, 0.4) is 0 Å². The summed E-state index contributed by atoms with van der Waals surface area (Å²) in [7, 11) is 2.71. The second-order valence-corrected chi connectivity index (χ2v) is 5.16. The Hall–Kier alpha value is -3.40. The van der Waals surface area contributed by atoms with Crippen LogP contribution in [-0.4, -0.2) is 24.2 Å². The fourth-order valence-electron chi connectivity index (χ4n) is 2.46. The lowest BCUT2D eigenvalue weighted by Crippen LogP contribution is -2.07. The smallest absolute Gasteiger partial charge is 0.189 e. The van der Waals surface area contributed by atoms with Crippen molar-refractivity contribution in [3.05, 3.63) is 53.6 Å². The molecule has 0 atom stereocenters. The number of aromatic nitrogens is 2. The van der Waals surface area contributed by atoms with Gasteiger partial charge in [0.1, 0.15) is 17.4 Å². The van der Waals surface area contributed by atoms with Crippen LogP contribution in [0.15, 0.2) is 36.5 Å². The lowest BCUT2D eigenvalue weighted by Gasteiger charge is -2.14. The molecule has 0 bridgehead atoms. The van der Waals surface area contributed by atoms with Crippen LogP contribution in [0.2, 0.25) is 0 Å². The number of fused-ring (bicyclic) bond motifs is 1. The Morgan fingerprint density at radius 3 is 2.64 bits per heavy atom. The first-order chi connectivity index (χ1) is 12.2. The summed E-state index contributed by atoms with van der Waals surface area (Å²) >= 11 is 0. The SMILES string of the molecule is COc1cc(NCc2cnc3ccccc3n2)c(F)c(OC)c1C#N. The van der Waals surface area contributed by atoms with Gasteiger partial charge in [0, 0.05) is 6.07 Å². The molecular weight excluding hydrogens is 323 g/mol. The fraction of sp³-hybridized carbons (Fsp3) is 0.167. The summed E-state index contributed by atoms with van der Waals surface area (Å²) < 4.78 is 24.7. The topological polar surface area (TPSA) is 80.1 Å². The van der Waals surface area contributed by atoms with Gasteiger partial charge in [-0.25, -0.2) is 9.37 Å². The van der Waals surface area contributed by atoms with E-state index in [1.54, 1.807) is 6.20 Å². The standard InChI is InChI=1S/C18H15FN4O2/c1-24-16-7-15(17(19)18(25-2)12(16)8-20)22-10-11-9-21-13-5-3-4-6-14(13)23-11/h3-7,9,22H,10H2,1-2H3. The van der Waals surface area contributed by atoms with Crippen LogP contribution in [0, 0.1) is 17.1 Å². The summed E-state index contributed by atoms with van der Waals surface area (Å²) in [5, 5.41) is 12.1. The Morgan fingerprint density at radius 1 is 1.20 bits per heavy atom. The summed E-state index contributed by atoms with van der Waals surface area (Å²) in [6.45, 7) is 0.257. The third-order valence-electron chi connectivity index (χ3n) is 3.68. The van der Waals surface area contributed by atoms with E-state index in [-0.39, 0.29) is 29.3 Å². The molecule has 1 heterocycles. The highest BCUT2D eigenvalue weighted by atomic mass is 19.1. The van der Waals surface area contributed by atoms with Gasteiger partial charge < -0.3 is 14.8 Å². The van der Waals surface area contributed by atoms with Gasteiger partial charge in [0.2, 0.25) is 0 Å². The van der Waals surface area contributed by atoms with E-state index >= 15 is 0 Å². The van der Waals surface area contributed by atoms with Gasteiger partial charge in [-0.15, -0.1) is 0 Å². The molecule has 126 valence electrons. The van der Waals surface area contributed by atoms with Crippen LogP contribution < -0.4 is 14.8 Å². The lowest BCUT2D eigenvalue weighted by atomic mass is 10.1. The molecule has 1 aromatic heterocycles. The van der Waals surface area contributed by atoms with Crippen molar-refractivity contribution >= 4 is 16.7 Å². The molecule has 0 radical (unpaired) electrons. The first-order valence-electron chi connectivity index (χ1n) is 7.47. The number of anilines is 1. The molecule has 0 saturated carbocycles. The molecule has 0 saturated heterocycles. The van der Waals surface area contributed by atoms with Crippen molar-refractivity contribution in [3.63, 3.8) is 0 Å². The number of benzene rings is 2. The van der Waals surface area contributed by atoms with Crippen LogP contribution in [0.25, 0.3) is 11.0 Å². The predicted molar refractivity (Wildman–Crippen MR) is 91.1 cm³/mol. The van der Waals surface area contributed by atoms with Crippen molar-refractivity contribution < 1.29 is 13.9 Å². The summed E-state index contributed by atoms with van der Waals surface area (Å²) in [6, 6.07) is 10.8. The first kappa shape index (κ1) is 16.5. The minimum absolute atomic E-state index is 0.0125. The zero-order chi connectivity index (χ0) is 17.8. The molecule has 1 N–H and O–H groups in total. The van der Waals surface area contributed by atoms with Crippen LogP contribution in [-0.2, 0) is 6.54 Å². The van der Waals surface area contributed by atoms with Gasteiger partial charge in [-0.1, -0.05) is 12.1 Å². The van der Waals surface area contributed by atoms with E-state index in [1.807, 2.05) is 30.3 Å². The second-order valence-electron chi connectivity index (χ2n) is 5.16. The highest BCUT2D eigenvalue weighted by Gasteiger charge is 2.20. The van der Waals surface area contributed by atoms with Gasteiger partial charge in [0.05, 0.1) is 49.4 Å². The Labute approximate surface area is 143 Å². The van der Waals surface area contributed by atoms with E-state index < -0.39 is 5.82 Å². The summed E-state index contributed by atoms with van der Waals surface area (Å²) in [5.74, 6) is -0.588. The maximum Gasteiger partial charge on any atom is 0.189 e. The third-order valence-corrected chi connectivity index (χ3v) is 3.68. The van der Waals surface area contributed by atoms with E-state index in [2.05, 4.69) is 15.3 Å². The van der Waals surface area contributed by atoms with Crippen LogP contribution in [0.5, 0.6) is 11.5 Å². The average Bonchev–Trinajstić information content (AvgIpc) is 2.66. The van der Waals surface area contributed by atoms with Crippen LogP contribution in [0.4, 0.5) is 10.1 Å². The molecule has 0 aliphatic heterocycles. The highest BCUT2D eigenvalue weighted by molar-refractivity contribution is 5.73. The zero-order valence-corrected chi connectivity index (χ0v) is 13.7. The van der Waals surface area contributed by atoms with Crippen molar-refractivity contribution in [1.82, 2.24) is 9.97 Å². The van der Waals surface area contributed by atoms with Crippen LogP contribution in [0.1, 0.15) is 11.3 Å². The molecule has 0 spiro atoms. The largest absolute Gasteiger partial charge is 0.495 e. The molecule has 25 heavy (non-hydrogen) atoms. The maximum atomic E-state index is 14.6. The van der Waals surface area contributed by atoms with E-state index in [0.717, 1.165) is 11.0 Å². The molecule has 0 fully saturated rings. The molecule has 0 amide bonds. The normalized spacial score (nSPS) is 10.3. The Kier molecular flexibility index (Phi) is 4.61. The quantitative estimate of drug-likeness (QED) is 0.769. The number of hydrogen-bond donors (Lipinski definition) is 1. The van der Waals surface area contributed by atoms with Crippen molar-refractivity contribution in [1.29, 1.82) is 5.26 Å². The number of nitriles is 1. The zero-order valence-electron chi connectivity index (χ0n) is 13.7. The third kappa shape index (κ3) is 3.15. The van der Waals surface area contributed by atoms with Gasteiger partial charge in [-0.3, -0.25) is 4.98 Å². The van der Waals surface area contributed by atoms with Crippen molar-refractivity contribution in [3.8, 4) is 17.6 Å². The monoisotopic (exact) mass is 338 g/mol. The second kappa shape index (κ2) is 7.01. The van der Waals surface area contributed by atoms with Gasteiger partial charge in [0.15, 0.2) is 11.6 Å². The number of rotatable bonds is 5.